The molecule has 3 heterocycles. The molecule has 0 saturated carbocycles. The van der Waals surface area contributed by atoms with Gasteiger partial charge in [0.05, 0.1) is 0 Å². The summed E-state index contributed by atoms with van der Waals surface area (Å²) in [5.74, 6) is 0.677. The zero-order valence-corrected chi connectivity index (χ0v) is 16.9. The molecule has 4 aromatic rings. The molecule has 30 heavy (non-hydrogen) atoms. The lowest BCUT2D eigenvalue weighted by molar-refractivity contribution is 0.578. The molecule has 1 aliphatic rings. The SMILES string of the molecule is c1ccc(CCn2nnc3c(Nc4ccc(N5CCCCC5)cc4)ncnc32)cc1. The average Bonchev–Trinajstić information content (AvgIpc) is 3.24. The second-order valence-electron chi connectivity index (χ2n) is 7.66. The van der Waals surface area contributed by atoms with E-state index in [-0.39, 0.29) is 0 Å². The lowest BCUT2D eigenvalue weighted by atomic mass is 10.1. The number of fused-ring (bicyclic) bond motifs is 1. The van der Waals surface area contributed by atoms with Crippen molar-refractivity contribution in [2.45, 2.75) is 32.2 Å². The first-order valence-electron chi connectivity index (χ1n) is 10.6. The van der Waals surface area contributed by atoms with E-state index in [1.54, 1.807) is 6.33 Å². The van der Waals surface area contributed by atoms with E-state index in [1.807, 2.05) is 10.7 Å². The van der Waals surface area contributed by atoms with Crippen LogP contribution in [0.15, 0.2) is 60.9 Å². The molecule has 1 N–H and O–H groups in total. The second-order valence-corrected chi connectivity index (χ2v) is 7.66. The van der Waals surface area contributed by atoms with Gasteiger partial charge in [0, 0.05) is 31.0 Å². The molecule has 0 spiro atoms. The zero-order chi connectivity index (χ0) is 20.2. The van der Waals surface area contributed by atoms with Gasteiger partial charge in [-0.1, -0.05) is 35.5 Å². The topological polar surface area (TPSA) is 71.8 Å². The van der Waals surface area contributed by atoms with Gasteiger partial charge in [-0.3, -0.25) is 0 Å². The normalized spacial score (nSPS) is 14.2. The number of hydrogen-bond acceptors (Lipinski definition) is 6. The Balaban J connectivity index is 1.31. The lowest BCUT2D eigenvalue weighted by Crippen LogP contribution is -2.29. The highest BCUT2D eigenvalue weighted by atomic mass is 15.4. The van der Waals surface area contributed by atoms with Crippen LogP contribution in [-0.2, 0) is 13.0 Å². The number of piperidine rings is 1. The number of nitrogens with one attached hydrogen (secondary N) is 1. The third-order valence-corrected chi connectivity index (χ3v) is 5.61. The third-order valence-electron chi connectivity index (χ3n) is 5.61. The van der Waals surface area contributed by atoms with Crippen molar-refractivity contribution in [3.8, 4) is 0 Å². The van der Waals surface area contributed by atoms with Gasteiger partial charge in [0.25, 0.3) is 0 Å². The first-order chi connectivity index (χ1) is 14.9. The van der Waals surface area contributed by atoms with Crippen molar-refractivity contribution >= 4 is 28.4 Å². The highest BCUT2D eigenvalue weighted by Crippen LogP contribution is 2.25. The Morgan fingerprint density at radius 2 is 1.67 bits per heavy atom. The molecule has 2 aromatic heterocycles. The molecule has 0 aliphatic carbocycles. The van der Waals surface area contributed by atoms with E-state index in [2.05, 4.69) is 79.0 Å². The quantitative estimate of drug-likeness (QED) is 0.524. The summed E-state index contributed by atoms with van der Waals surface area (Å²) in [4.78, 5) is 11.3. The largest absolute Gasteiger partial charge is 0.372 e. The first kappa shape index (κ1) is 18.5. The smallest absolute Gasteiger partial charge is 0.183 e. The summed E-state index contributed by atoms with van der Waals surface area (Å²) in [7, 11) is 0. The molecule has 1 saturated heterocycles. The molecule has 152 valence electrons. The minimum Gasteiger partial charge on any atom is -0.372 e. The number of hydrogen-bond donors (Lipinski definition) is 1. The Labute approximate surface area is 175 Å². The maximum absolute atomic E-state index is 4.41. The van der Waals surface area contributed by atoms with Crippen LogP contribution < -0.4 is 10.2 Å². The van der Waals surface area contributed by atoms with Gasteiger partial charge in [0.2, 0.25) is 0 Å². The van der Waals surface area contributed by atoms with E-state index in [0.29, 0.717) is 11.3 Å². The Morgan fingerprint density at radius 3 is 2.47 bits per heavy atom. The fourth-order valence-corrected chi connectivity index (χ4v) is 3.96. The van der Waals surface area contributed by atoms with Gasteiger partial charge in [0.15, 0.2) is 17.0 Å². The fraction of sp³-hybridized carbons (Fsp3) is 0.304. The molecule has 0 atom stereocenters. The first-order valence-corrected chi connectivity index (χ1v) is 10.6. The van der Waals surface area contributed by atoms with Gasteiger partial charge in [-0.15, -0.1) is 5.10 Å². The van der Waals surface area contributed by atoms with Gasteiger partial charge in [-0.25, -0.2) is 14.6 Å². The van der Waals surface area contributed by atoms with Crippen molar-refractivity contribution in [2.75, 3.05) is 23.3 Å². The summed E-state index contributed by atoms with van der Waals surface area (Å²) in [6.07, 6.45) is 6.34. The number of anilines is 3. The number of nitrogens with zero attached hydrogens (tertiary/aromatic N) is 6. The van der Waals surface area contributed by atoms with Gasteiger partial charge < -0.3 is 10.2 Å². The Morgan fingerprint density at radius 1 is 0.867 bits per heavy atom. The molecule has 2 aromatic carbocycles. The van der Waals surface area contributed by atoms with Crippen LogP contribution in [-0.4, -0.2) is 38.1 Å². The summed E-state index contributed by atoms with van der Waals surface area (Å²) >= 11 is 0. The predicted octanol–water partition coefficient (Wildman–Crippen LogP) is 4.20. The Hall–Kier alpha value is -3.48. The highest BCUT2D eigenvalue weighted by molar-refractivity contribution is 5.84. The number of benzene rings is 2. The molecule has 0 amide bonds. The molecule has 1 aliphatic heterocycles. The van der Waals surface area contributed by atoms with Gasteiger partial charge in [-0.05, 0) is 55.5 Å². The maximum Gasteiger partial charge on any atom is 0.183 e. The Bertz CT molecular complexity index is 1100. The summed E-state index contributed by atoms with van der Waals surface area (Å²) in [6.45, 7) is 3.01. The summed E-state index contributed by atoms with van der Waals surface area (Å²) in [5, 5.41) is 12.0. The van der Waals surface area contributed by atoms with E-state index < -0.39 is 0 Å². The lowest BCUT2D eigenvalue weighted by Gasteiger charge is -2.28. The van der Waals surface area contributed by atoms with E-state index in [4.69, 9.17) is 0 Å². The maximum atomic E-state index is 4.41. The Kier molecular flexibility index (Phi) is 5.25. The average molecular weight is 400 g/mol. The zero-order valence-electron chi connectivity index (χ0n) is 16.9. The van der Waals surface area contributed by atoms with E-state index >= 15 is 0 Å². The standard InChI is InChI=1S/C23H25N7/c1-3-7-18(8-4-1)13-16-30-23-21(27-28-30)22(24-17-25-23)26-19-9-11-20(12-10-19)29-14-5-2-6-15-29/h1,3-4,7-12,17H,2,5-6,13-16H2,(H,24,25,26). The minimum atomic E-state index is 0.677. The molecule has 7 heteroatoms. The van der Waals surface area contributed by atoms with Crippen LogP contribution >= 0.6 is 0 Å². The monoisotopic (exact) mass is 399 g/mol. The molecular weight excluding hydrogens is 374 g/mol. The van der Waals surface area contributed by atoms with Gasteiger partial charge in [0.1, 0.15) is 6.33 Å². The van der Waals surface area contributed by atoms with Crippen LogP contribution in [0.25, 0.3) is 11.2 Å². The van der Waals surface area contributed by atoms with Crippen LogP contribution in [0.3, 0.4) is 0 Å². The molecule has 0 unspecified atom stereocenters. The summed E-state index contributed by atoms with van der Waals surface area (Å²) < 4.78 is 1.84. The molecule has 7 nitrogen and oxygen atoms in total. The van der Waals surface area contributed by atoms with E-state index in [9.17, 15) is 0 Å². The van der Waals surface area contributed by atoms with Crippen LogP contribution in [0.2, 0.25) is 0 Å². The van der Waals surface area contributed by atoms with Crippen LogP contribution in [0, 0.1) is 0 Å². The van der Waals surface area contributed by atoms with Crippen LogP contribution in [0.4, 0.5) is 17.2 Å². The second kappa shape index (κ2) is 8.49. The summed E-state index contributed by atoms with van der Waals surface area (Å²) in [6, 6.07) is 18.9. The number of aryl methyl sites for hydroxylation is 2. The fourth-order valence-electron chi connectivity index (χ4n) is 3.96. The van der Waals surface area contributed by atoms with Crippen molar-refractivity contribution in [3.63, 3.8) is 0 Å². The number of rotatable bonds is 6. The van der Waals surface area contributed by atoms with Crippen molar-refractivity contribution < 1.29 is 0 Å². The number of aromatic nitrogens is 5. The van der Waals surface area contributed by atoms with Crippen LogP contribution in [0.5, 0.6) is 0 Å². The highest BCUT2D eigenvalue weighted by Gasteiger charge is 2.13. The van der Waals surface area contributed by atoms with E-state index in [1.165, 1.54) is 30.5 Å². The van der Waals surface area contributed by atoms with Crippen molar-refractivity contribution in [1.29, 1.82) is 0 Å². The van der Waals surface area contributed by atoms with Crippen molar-refractivity contribution in [3.05, 3.63) is 66.5 Å². The molecule has 0 radical (unpaired) electrons. The van der Waals surface area contributed by atoms with Gasteiger partial charge >= 0.3 is 0 Å². The molecule has 0 bridgehead atoms. The van der Waals surface area contributed by atoms with Crippen LogP contribution in [0.1, 0.15) is 24.8 Å². The van der Waals surface area contributed by atoms with Gasteiger partial charge in [-0.2, -0.15) is 0 Å². The molecule has 5 rings (SSSR count). The van der Waals surface area contributed by atoms with Crippen molar-refractivity contribution in [2.24, 2.45) is 0 Å². The molecular formula is C23H25N7. The van der Waals surface area contributed by atoms with E-state index in [0.717, 1.165) is 37.4 Å². The third kappa shape index (κ3) is 3.96. The predicted molar refractivity (Wildman–Crippen MR) is 119 cm³/mol. The molecule has 1 fully saturated rings. The van der Waals surface area contributed by atoms with Crippen molar-refractivity contribution in [1.82, 2.24) is 25.0 Å². The minimum absolute atomic E-state index is 0.677. The summed E-state index contributed by atoms with van der Waals surface area (Å²) in [5.41, 5.74) is 4.95.